The predicted octanol–water partition coefficient (Wildman–Crippen LogP) is 3.16. The zero-order valence-electron chi connectivity index (χ0n) is 11.3. The molecule has 0 atom stereocenters. The molecule has 0 spiro atoms. The molecule has 0 unspecified atom stereocenters. The highest BCUT2D eigenvalue weighted by Gasteiger charge is 2.34. The summed E-state index contributed by atoms with van der Waals surface area (Å²) in [5, 5.41) is 0. The van der Waals surface area contributed by atoms with Gasteiger partial charge in [-0.25, -0.2) is 9.37 Å². The van der Waals surface area contributed by atoms with Crippen molar-refractivity contribution in [3.63, 3.8) is 0 Å². The minimum absolute atomic E-state index is 0.0409. The molecular weight excluding hydrogens is 274 g/mol. The lowest BCUT2D eigenvalue weighted by atomic mass is 10.1. The molecule has 1 aliphatic rings. The summed E-state index contributed by atoms with van der Waals surface area (Å²) in [4.78, 5) is 17.6. The third kappa shape index (κ3) is 3.07. The van der Waals surface area contributed by atoms with E-state index >= 15 is 0 Å². The zero-order chi connectivity index (χ0) is 14.8. The monoisotopic (exact) mass is 288 g/mol. The molecule has 0 N–H and O–H groups in total. The van der Waals surface area contributed by atoms with E-state index in [1.807, 2.05) is 0 Å². The number of amides is 1. The van der Waals surface area contributed by atoms with Crippen LogP contribution in [0.15, 0.2) is 42.6 Å². The van der Waals surface area contributed by atoms with Crippen LogP contribution in [0.5, 0.6) is 0 Å². The van der Waals surface area contributed by atoms with Crippen LogP contribution in [0.4, 0.5) is 8.78 Å². The van der Waals surface area contributed by atoms with Crippen molar-refractivity contribution >= 4 is 5.91 Å². The van der Waals surface area contributed by atoms with Crippen LogP contribution < -0.4 is 0 Å². The molecule has 5 heteroatoms. The summed E-state index contributed by atoms with van der Waals surface area (Å²) >= 11 is 0. The fourth-order valence-electron chi connectivity index (χ4n) is 2.29. The Morgan fingerprint density at radius 3 is 2.71 bits per heavy atom. The van der Waals surface area contributed by atoms with Crippen molar-refractivity contribution in [1.82, 2.24) is 9.88 Å². The van der Waals surface area contributed by atoms with E-state index in [1.54, 1.807) is 17.0 Å². The van der Waals surface area contributed by atoms with Crippen LogP contribution in [0.3, 0.4) is 0 Å². The first-order valence-corrected chi connectivity index (χ1v) is 6.81. The van der Waals surface area contributed by atoms with Crippen molar-refractivity contribution in [3.05, 3.63) is 65.5 Å². The minimum atomic E-state index is -0.771. The Labute approximate surface area is 121 Å². The molecule has 1 heterocycles. The van der Waals surface area contributed by atoms with Gasteiger partial charge in [0.15, 0.2) is 0 Å². The van der Waals surface area contributed by atoms with E-state index < -0.39 is 11.9 Å². The topological polar surface area (TPSA) is 33.2 Å². The maximum Gasteiger partial charge on any atom is 0.259 e. The van der Waals surface area contributed by atoms with Gasteiger partial charge in [-0.05, 0) is 42.7 Å². The number of halogens is 2. The standard InChI is InChI=1S/C16H14F2N2O/c17-12-4-1-3-11(9-12)10-20(13-6-7-13)16(21)14-5-2-8-19-15(14)18/h1-5,8-9,13H,6-7,10H2. The highest BCUT2D eigenvalue weighted by molar-refractivity contribution is 5.94. The molecule has 108 valence electrons. The number of pyridine rings is 1. The van der Waals surface area contributed by atoms with Gasteiger partial charge in [0.05, 0.1) is 5.56 Å². The Bertz CT molecular complexity index is 671. The lowest BCUT2D eigenvalue weighted by Crippen LogP contribution is -2.33. The van der Waals surface area contributed by atoms with Crippen LogP contribution in [-0.4, -0.2) is 21.8 Å². The predicted molar refractivity (Wildman–Crippen MR) is 73.5 cm³/mol. The second kappa shape index (κ2) is 5.60. The highest BCUT2D eigenvalue weighted by atomic mass is 19.1. The molecule has 1 aromatic heterocycles. The zero-order valence-corrected chi connectivity index (χ0v) is 11.3. The minimum Gasteiger partial charge on any atom is -0.331 e. The fraction of sp³-hybridized carbons (Fsp3) is 0.250. The Morgan fingerprint density at radius 1 is 1.24 bits per heavy atom. The molecule has 0 saturated heterocycles. The molecule has 3 nitrogen and oxygen atoms in total. The average Bonchev–Trinajstić information content (AvgIpc) is 3.29. The van der Waals surface area contributed by atoms with Gasteiger partial charge >= 0.3 is 0 Å². The average molecular weight is 288 g/mol. The number of benzene rings is 1. The lowest BCUT2D eigenvalue weighted by Gasteiger charge is -2.22. The van der Waals surface area contributed by atoms with Gasteiger partial charge in [0.1, 0.15) is 5.82 Å². The van der Waals surface area contributed by atoms with Crippen molar-refractivity contribution < 1.29 is 13.6 Å². The quantitative estimate of drug-likeness (QED) is 0.810. The fourth-order valence-corrected chi connectivity index (χ4v) is 2.29. The van der Waals surface area contributed by atoms with Crippen LogP contribution in [0.1, 0.15) is 28.8 Å². The third-order valence-corrected chi connectivity index (χ3v) is 3.48. The van der Waals surface area contributed by atoms with E-state index in [0.717, 1.165) is 12.8 Å². The summed E-state index contributed by atoms with van der Waals surface area (Å²) in [5.41, 5.74) is 0.653. The number of rotatable bonds is 4. The highest BCUT2D eigenvalue weighted by Crippen LogP contribution is 2.30. The van der Waals surface area contributed by atoms with Gasteiger partial charge in [-0.1, -0.05) is 12.1 Å². The van der Waals surface area contributed by atoms with E-state index in [4.69, 9.17) is 0 Å². The van der Waals surface area contributed by atoms with Crippen molar-refractivity contribution in [1.29, 1.82) is 0 Å². The van der Waals surface area contributed by atoms with E-state index in [0.29, 0.717) is 5.56 Å². The van der Waals surface area contributed by atoms with Gasteiger partial charge in [0.2, 0.25) is 5.95 Å². The summed E-state index contributed by atoms with van der Waals surface area (Å²) in [6.45, 7) is 0.273. The van der Waals surface area contributed by atoms with Gasteiger partial charge in [-0.3, -0.25) is 4.79 Å². The van der Waals surface area contributed by atoms with E-state index in [1.165, 1.54) is 30.5 Å². The molecule has 1 fully saturated rings. The van der Waals surface area contributed by atoms with Gasteiger partial charge in [0, 0.05) is 18.8 Å². The van der Waals surface area contributed by atoms with E-state index in [2.05, 4.69) is 4.98 Å². The Kier molecular flexibility index (Phi) is 3.64. The molecular formula is C16H14F2N2O. The molecule has 1 saturated carbocycles. The van der Waals surface area contributed by atoms with Crippen LogP contribution >= 0.6 is 0 Å². The maximum atomic E-state index is 13.7. The number of nitrogens with zero attached hydrogens (tertiary/aromatic N) is 2. The molecule has 3 rings (SSSR count). The first kappa shape index (κ1) is 13.7. The molecule has 2 aromatic rings. The molecule has 0 aliphatic heterocycles. The van der Waals surface area contributed by atoms with Crippen molar-refractivity contribution in [2.45, 2.75) is 25.4 Å². The van der Waals surface area contributed by atoms with Crippen molar-refractivity contribution in [2.24, 2.45) is 0 Å². The summed E-state index contributed by atoms with van der Waals surface area (Å²) < 4.78 is 26.9. The van der Waals surface area contributed by atoms with Crippen molar-refractivity contribution in [3.8, 4) is 0 Å². The number of carbonyl (C=O) groups excluding carboxylic acids is 1. The third-order valence-electron chi connectivity index (χ3n) is 3.48. The van der Waals surface area contributed by atoms with Crippen LogP contribution in [0.2, 0.25) is 0 Å². The van der Waals surface area contributed by atoms with Crippen LogP contribution in [0.25, 0.3) is 0 Å². The smallest absolute Gasteiger partial charge is 0.259 e. The Morgan fingerprint density at radius 2 is 2.05 bits per heavy atom. The first-order valence-electron chi connectivity index (χ1n) is 6.81. The molecule has 1 amide bonds. The molecule has 1 aromatic carbocycles. The first-order chi connectivity index (χ1) is 10.1. The number of hydrogen-bond acceptors (Lipinski definition) is 2. The molecule has 0 radical (unpaired) electrons. The summed E-state index contributed by atoms with van der Waals surface area (Å²) in [6.07, 6.45) is 3.09. The molecule has 21 heavy (non-hydrogen) atoms. The lowest BCUT2D eigenvalue weighted by molar-refractivity contribution is 0.0724. The van der Waals surface area contributed by atoms with Gasteiger partial charge in [-0.2, -0.15) is 4.39 Å². The SMILES string of the molecule is O=C(c1cccnc1F)N(Cc1cccc(F)c1)C1CC1. The summed E-state index contributed by atoms with van der Waals surface area (Å²) in [6, 6.07) is 9.15. The molecule has 0 bridgehead atoms. The Hall–Kier alpha value is -2.30. The maximum absolute atomic E-state index is 13.7. The molecule has 1 aliphatic carbocycles. The van der Waals surface area contributed by atoms with Crippen LogP contribution in [-0.2, 0) is 6.54 Å². The van der Waals surface area contributed by atoms with Crippen LogP contribution in [0, 0.1) is 11.8 Å². The van der Waals surface area contributed by atoms with E-state index in [9.17, 15) is 13.6 Å². The normalized spacial score (nSPS) is 14.0. The second-order valence-electron chi connectivity index (χ2n) is 5.14. The summed E-state index contributed by atoms with van der Waals surface area (Å²) in [7, 11) is 0. The van der Waals surface area contributed by atoms with E-state index in [-0.39, 0.29) is 24.0 Å². The largest absolute Gasteiger partial charge is 0.331 e. The van der Waals surface area contributed by atoms with Gasteiger partial charge in [-0.15, -0.1) is 0 Å². The number of carbonyl (C=O) groups is 1. The Balaban J connectivity index is 1.85. The summed E-state index contributed by atoms with van der Waals surface area (Å²) in [5.74, 6) is -1.51. The number of aromatic nitrogens is 1. The van der Waals surface area contributed by atoms with Gasteiger partial charge in [0.25, 0.3) is 5.91 Å². The van der Waals surface area contributed by atoms with Crippen molar-refractivity contribution in [2.75, 3.05) is 0 Å². The van der Waals surface area contributed by atoms with Gasteiger partial charge < -0.3 is 4.90 Å². The number of hydrogen-bond donors (Lipinski definition) is 0. The second-order valence-corrected chi connectivity index (χ2v) is 5.14.